The summed E-state index contributed by atoms with van der Waals surface area (Å²) in [6.07, 6.45) is 0. The summed E-state index contributed by atoms with van der Waals surface area (Å²) in [5.74, 6) is 0. The van der Waals surface area contributed by atoms with E-state index in [2.05, 4.69) is 15.9 Å². The number of halogens is 1. The van der Waals surface area contributed by atoms with Gasteiger partial charge in [-0.3, -0.25) is 24.8 Å². The van der Waals surface area contributed by atoms with Gasteiger partial charge in [0.15, 0.2) is 0 Å². The molecule has 0 bridgehead atoms. The minimum atomic E-state index is -4.99. The van der Waals surface area contributed by atoms with Gasteiger partial charge in [-0.25, -0.2) is 8.42 Å². The summed E-state index contributed by atoms with van der Waals surface area (Å²) in [7, 11) is -9.80. The highest BCUT2D eigenvalue weighted by Gasteiger charge is 2.34. The molecule has 0 spiro atoms. The van der Waals surface area contributed by atoms with Crippen LogP contribution in [0.1, 0.15) is 0 Å². The van der Waals surface area contributed by atoms with Crippen LogP contribution in [0.25, 0.3) is 0 Å². The number of nitrogens with zero attached hydrogens (tertiary/aromatic N) is 2. The van der Waals surface area contributed by atoms with Crippen LogP contribution in [0.5, 0.6) is 0 Å². The standard InChI is InChI=1S/C12H7BrN2O9S2/c13-7-1-3-11(12(5-7)26(22,23)24)25(20,21)10-4-2-8(14(16)17)6-9(10)15(18)19/h1-6H,(H,22,23,24). The molecule has 0 unspecified atom stereocenters. The van der Waals surface area contributed by atoms with Crippen LogP contribution >= 0.6 is 15.9 Å². The molecule has 0 saturated heterocycles. The van der Waals surface area contributed by atoms with Crippen LogP contribution in [0.3, 0.4) is 0 Å². The molecule has 0 aliphatic rings. The fourth-order valence-electron chi connectivity index (χ4n) is 2.01. The van der Waals surface area contributed by atoms with E-state index >= 15 is 0 Å². The Labute approximate surface area is 154 Å². The normalized spacial score (nSPS) is 11.9. The molecule has 0 atom stereocenters. The number of nitro groups is 2. The van der Waals surface area contributed by atoms with Crippen molar-refractivity contribution in [3.8, 4) is 0 Å². The van der Waals surface area contributed by atoms with E-state index in [-0.39, 0.29) is 4.47 Å². The van der Waals surface area contributed by atoms with Gasteiger partial charge in [-0.1, -0.05) is 15.9 Å². The van der Waals surface area contributed by atoms with E-state index < -0.39 is 55.9 Å². The fraction of sp³-hybridized carbons (Fsp3) is 0. The quantitative estimate of drug-likeness (QED) is 0.393. The maximum absolute atomic E-state index is 12.8. The first-order chi connectivity index (χ1) is 11.9. The van der Waals surface area contributed by atoms with Crippen LogP contribution in [0.2, 0.25) is 0 Å². The highest BCUT2D eigenvalue weighted by atomic mass is 79.9. The zero-order chi connectivity index (χ0) is 19.9. The van der Waals surface area contributed by atoms with Crippen molar-refractivity contribution < 1.29 is 31.2 Å². The van der Waals surface area contributed by atoms with Gasteiger partial charge >= 0.3 is 0 Å². The van der Waals surface area contributed by atoms with Crippen molar-refractivity contribution in [3.05, 3.63) is 61.1 Å². The van der Waals surface area contributed by atoms with Crippen LogP contribution in [-0.4, -0.2) is 31.2 Å². The van der Waals surface area contributed by atoms with E-state index in [1.54, 1.807) is 0 Å². The Morgan fingerprint density at radius 2 is 1.42 bits per heavy atom. The van der Waals surface area contributed by atoms with Crippen LogP contribution < -0.4 is 0 Å². The molecule has 0 aromatic heterocycles. The predicted molar refractivity (Wildman–Crippen MR) is 89.2 cm³/mol. The minimum absolute atomic E-state index is 0.127. The first kappa shape index (κ1) is 19.9. The van der Waals surface area contributed by atoms with Crippen molar-refractivity contribution in [2.24, 2.45) is 0 Å². The third-order valence-corrected chi connectivity index (χ3v) is 6.49. The predicted octanol–water partition coefficient (Wildman–Crippen LogP) is 2.35. The Kier molecular flexibility index (Phi) is 5.14. The lowest BCUT2D eigenvalue weighted by molar-refractivity contribution is -0.396. The largest absolute Gasteiger partial charge is 0.295 e. The Balaban J connectivity index is 2.86. The Bertz CT molecular complexity index is 1140. The van der Waals surface area contributed by atoms with Crippen molar-refractivity contribution in [1.82, 2.24) is 0 Å². The van der Waals surface area contributed by atoms with E-state index in [9.17, 15) is 41.6 Å². The molecule has 26 heavy (non-hydrogen) atoms. The summed E-state index contributed by atoms with van der Waals surface area (Å²) in [6.45, 7) is 0. The molecule has 14 heteroatoms. The van der Waals surface area contributed by atoms with E-state index in [0.717, 1.165) is 24.3 Å². The molecule has 138 valence electrons. The molecule has 0 aliphatic carbocycles. The Morgan fingerprint density at radius 3 is 1.92 bits per heavy atom. The van der Waals surface area contributed by atoms with Gasteiger partial charge in [-0.05, 0) is 24.3 Å². The third kappa shape index (κ3) is 3.72. The number of hydrogen-bond donors (Lipinski definition) is 1. The van der Waals surface area contributed by atoms with Gasteiger partial charge < -0.3 is 0 Å². The van der Waals surface area contributed by atoms with Gasteiger partial charge in [0.1, 0.15) is 9.79 Å². The lowest BCUT2D eigenvalue weighted by atomic mass is 10.3. The van der Waals surface area contributed by atoms with Gasteiger partial charge in [-0.15, -0.1) is 0 Å². The van der Waals surface area contributed by atoms with E-state index in [1.165, 1.54) is 0 Å². The molecule has 0 heterocycles. The van der Waals surface area contributed by atoms with E-state index in [1.807, 2.05) is 0 Å². The topological polar surface area (TPSA) is 175 Å². The number of sulfone groups is 1. The molecule has 0 saturated carbocycles. The summed E-state index contributed by atoms with van der Waals surface area (Å²) in [5, 5.41) is 21.9. The molecule has 11 nitrogen and oxygen atoms in total. The first-order valence-corrected chi connectivity index (χ1v) is 10.0. The van der Waals surface area contributed by atoms with Crippen molar-refractivity contribution in [1.29, 1.82) is 0 Å². The summed E-state index contributed by atoms with van der Waals surface area (Å²) in [5.41, 5.74) is -1.83. The van der Waals surface area contributed by atoms with Gasteiger partial charge in [0.25, 0.3) is 21.5 Å². The third-order valence-electron chi connectivity index (χ3n) is 3.11. The molecule has 1 N–H and O–H groups in total. The molecule has 2 rings (SSSR count). The second-order valence-corrected chi connectivity index (χ2v) is 8.93. The van der Waals surface area contributed by atoms with E-state index in [0.29, 0.717) is 12.1 Å². The molecular weight excluding hydrogens is 460 g/mol. The van der Waals surface area contributed by atoms with Gasteiger partial charge in [0.05, 0.1) is 20.8 Å². The lowest BCUT2D eigenvalue weighted by Gasteiger charge is -2.09. The molecule has 2 aromatic rings. The first-order valence-electron chi connectivity index (χ1n) is 6.30. The maximum atomic E-state index is 12.8. The number of rotatable bonds is 5. The van der Waals surface area contributed by atoms with Crippen molar-refractivity contribution in [3.63, 3.8) is 0 Å². The molecule has 2 aromatic carbocycles. The molecular formula is C12H7BrN2O9S2. The molecule has 0 aliphatic heterocycles. The Hall–Kier alpha value is -2.42. The Morgan fingerprint density at radius 1 is 0.846 bits per heavy atom. The van der Waals surface area contributed by atoms with Crippen LogP contribution in [0.4, 0.5) is 11.4 Å². The lowest BCUT2D eigenvalue weighted by Crippen LogP contribution is -2.11. The maximum Gasteiger partial charge on any atom is 0.295 e. The summed E-state index contributed by atoms with van der Waals surface area (Å²) in [4.78, 5) is 16.9. The van der Waals surface area contributed by atoms with E-state index in [4.69, 9.17) is 0 Å². The van der Waals surface area contributed by atoms with Crippen LogP contribution in [-0.2, 0) is 20.0 Å². The van der Waals surface area contributed by atoms with Crippen LogP contribution in [0.15, 0.2) is 55.6 Å². The number of nitro benzene ring substituents is 2. The molecule has 0 amide bonds. The van der Waals surface area contributed by atoms with Gasteiger partial charge in [0, 0.05) is 10.5 Å². The average molecular weight is 467 g/mol. The summed E-state index contributed by atoms with van der Waals surface area (Å²) < 4.78 is 57.9. The summed E-state index contributed by atoms with van der Waals surface area (Å²) in [6, 6.07) is 4.58. The van der Waals surface area contributed by atoms with Gasteiger partial charge in [-0.2, -0.15) is 8.42 Å². The number of hydrogen-bond acceptors (Lipinski definition) is 8. The van der Waals surface area contributed by atoms with Crippen LogP contribution in [0, 0.1) is 20.2 Å². The monoisotopic (exact) mass is 466 g/mol. The molecule has 0 radical (unpaired) electrons. The SMILES string of the molecule is O=[N+]([O-])c1ccc(S(=O)(=O)c2ccc(Br)cc2S(=O)(=O)O)c([N+](=O)[O-])c1. The highest BCUT2D eigenvalue weighted by molar-refractivity contribution is 9.10. The fourth-order valence-corrected chi connectivity index (χ4v) is 5.23. The van der Waals surface area contributed by atoms with Crippen molar-refractivity contribution in [2.75, 3.05) is 0 Å². The molecule has 0 fully saturated rings. The number of benzene rings is 2. The zero-order valence-corrected chi connectivity index (χ0v) is 15.5. The second-order valence-electron chi connectivity index (χ2n) is 4.74. The van der Waals surface area contributed by atoms with Crippen molar-refractivity contribution >= 4 is 47.3 Å². The van der Waals surface area contributed by atoms with Crippen molar-refractivity contribution in [2.45, 2.75) is 14.7 Å². The van der Waals surface area contributed by atoms with Gasteiger partial charge in [0.2, 0.25) is 9.84 Å². The minimum Gasteiger partial charge on any atom is -0.282 e. The summed E-state index contributed by atoms with van der Waals surface area (Å²) >= 11 is 2.92. The highest BCUT2D eigenvalue weighted by Crippen LogP contribution is 2.35. The zero-order valence-electron chi connectivity index (χ0n) is 12.3. The smallest absolute Gasteiger partial charge is 0.282 e. The average Bonchev–Trinajstić information content (AvgIpc) is 2.53. The number of non-ortho nitro benzene ring substituents is 1. The second kappa shape index (κ2) is 6.71.